The number of hydrogen-bond donors (Lipinski definition) is 2. The third-order valence-electron chi connectivity index (χ3n) is 4.82. The number of benzene rings is 1. The van der Waals surface area contributed by atoms with E-state index in [1.54, 1.807) is 0 Å². The first-order chi connectivity index (χ1) is 11.4. The fraction of sp³-hybridized carbons (Fsp3) is 0.588. The van der Waals surface area contributed by atoms with Crippen LogP contribution in [0.1, 0.15) is 19.8 Å². The molecule has 6 nitrogen and oxygen atoms in total. The number of amides is 1. The largest absolute Gasteiger partial charge is 0.369 e. The molecule has 3 rings (SSSR count). The van der Waals surface area contributed by atoms with Gasteiger partial charge in [-0.15, -0.1) is 0 Å². The molecule has 0 spiro atoms. The van der Waals surface area contributed by atoms with Crippen LogP contribution in [0.3, 0.4) is 0 Å². The number of hydrogen-bond acceptors (Lipinski definition) is 5. The van der Waals surface area contributed by atoms with Crippen LogP contribution in [0.15, 0.2) is 24.3 Å². The van der Waals surface area contributed by atoms with Gasteiger partial charge >= 0.3 is 0 Å². The van der Waals surface area contributed by atoms with Crippen molar-refractivity contribution in [3.05, 3.63) is 24.3 Å². The summed E-state index contributed by atoms with van der Waals surface area (Å²) in [7, 11) is -2.89. The van der Waals surface area contributed by atoms with Crippen molar-refractivity contribution in [3.8, 4) is 0 Å². The number of carbonyl (C=O) groups is 1. The third-order valence-corrected chi connectivity index (χ3v) is 6.43. The molecule has 0 aliphatic carbocycles. The van der Waals surface area contributed by atoms with E-state index in [1.807, 2.05) is 24.3 Å². The van der Waals surface area contributed by atoms with E-state index < -0.39 is 9.84 Å². The van der Waals surface area contributed by atoms with Gasteiger partial charge in [-0.2, -0.15) is 0 Å². The molecule has 24 heavy (non-hydrogen) atoms. The molecular weight excluding hydrogens is 326 g/mol. The Kier molecular flexibility index (Phi) is 5.10. The lowest BCUT2D eigenvalue weighted by Crippen LogP contribution is -2.40. The Bertz CT molecular complexity index is 691. The molecule has 1 amide bonds. The zero-order valence-corrected chi connectivity index (χ0v) is 14.8. The van der Waals surface area contributed by atoms with E-state index in [1.165, 1.54) is 0 Å². The maximum absolute atomic E-state index is 12.5. The zero-order chi connectivity index (χ0) is 17.2. The number of nitrogens with zero attached hydrogens (tertiary/aromatic N) is 1. The molecule has 1 aromatic rings. The molecule has 2 saturated heterocycles. The van der Waals surface area contributed by atoms with E-state index in [9.17, 15) is 13.2 Å². The Morgan fingerprint density at radius 3 is 2.75 bits per heavy atom. The van der Waals surface area contributed by atoms with Crippen LogP contribution in [-0.2, 0) is 14.6 Å². The average Bonchev–Trinajstić information content (AvgIpc) is 2.55. The standard InChI is InChI=1S/C17H25N3O3S/c1-13-11-14(5-6-18-13)17(21)19-15-3-2-4-16(12-15)20-7-9-24(22,23)10-8-20/h2-4,12-14,18H,5-11H2,1H3,(H,19,21)/t13-,14-/m0/s1. The molecular formula is C17H25N3O3S. The average molecular weight is 351 g/mol. The highest BCUT2D eigenvalue weighted by Crippen LogP contribution is 2.23. The lowest BCUT2D eigenvalue weighted by molar-refractivity contribution is -0.120. The van der Waals surface area contributed by atoms with Crippen molar-refractivity contribution in [3.63, 3.8) is 0 Å². The first-order valence-corrected chi connectivity index (χ1v) is 10.3. The summed E-state index contributed by atoms with van der Waals surface area (Å²) in [5, 5.41) is 6.37. The molecule has 2 aliphatic rings. The van der Waals surface area contributed by atoms with Gasteiger partial charge in [0.25, 0.3) is 0 Å². The molecule has 0 saturated carbocycles. The van der Waals surface area contributed by atoms with Crippen LogP contribution in [0.5, 0.6) is 0 Å². The van der Waals surface area contributed by atoms with Gasteiger partial charge in [-0.05, 0) is 44.5 Å². The highest BCUT2D eigenvalue weighted by molar-refractivity contribution is 7.91. The fourth-order valence-electron chi connectivity index (χ4n) is 3.37. The molecule has 2 atom stereocenters. The summed E-state index contributed by atoms with van der Waals surface area (Å²) >= 11 is 0. The highest BCUT2D eigenvalue weighted by atomic mass is 32.2. The van der Waals surface area contributed by atoms with Gasteiger partial charge in [0.2, 0.25) is 5.91 Å². The third kappa shape index (κ3) is 4.27. The van der Waals surface area contributed by atoms with Crippen LogP contribution in [0.2, 0.25) is 0 Å². The van der Waals surface area contributed by atoms with E-state index in [2.05, 4.69) is 22.5 Å². The fourth-order valence-corrected chi connectivity index (χ4v) is 4.57. The maximum atomic E-state index is 12.5. The quantitative estimate of drug-likeness (QED) is 0.857. The van der Waals surface area contributed by atoms with Crippen molar-refractivity contribution in [1.82, 2.24) is 5.32 Å². The molecule has 2 aliphatic heterocycles. The number of carbonyl (C=O) groups excluding carboxylic acids is 1. The van der Waals surface area contributed by atoms with Crippen molar-refractivity contribution in [2.24, 2.45) is 5.92 Å². The number of rotatable bonds is 3. The minimum Gasteiger partial charge on any atom is -0.369 e. The lowest BCUT2D eigenvalue weighted by atomic mass is 9.92. The number of anilines is 2. The second-order valence-corrected chi connectivity index (χ2v) is 9.06. The summed E-state index contributed by atoms with van der Waals surface area (Å²) in [5.41, 5.74) is 1.73. The Hall–Kier alpha value is -1.60. The van der Waals surface area contributed by atoms with Crippen LogP contribution in [-0.4, -0.2) is 51.5 Å². The van der Waals surface area contributed by atoms with Crippen molar-refractivity contribution in [2.75, 3.05) is 41.4 Å². The van der Waals surface area contributed by atoms with Gasteiger partial charge < -0.3 is 15.5 Å². The molecule has 7 heteroatoms. The van der Waals surface area contributed by atoms with Gasteiger partial charge in [-0.1, -0.05) is 6.07 Å². The Labute approximate surface area is 143 Å². The van der Waals surface area contributed by atoms with Crippen molar-refractivity contribution < 1.29 is 13.2 Å². The highest BCUT2D eigenvalue weighted by Gasteiger charge is 2.25. The van der Waals surface area contributed by atoms with Crippen LogP contribution in [0, 0.1) is 5.92 Å². The van der Waals surface area contributed by atoms with Gasteiger partial charge in [0.05, 0.1) is 11.5 Å². The summed E-state index contributed by atoms with van der Waals surface area (Å²) in [6.45, 7) is 3.99. The zero-order valence-electron chi connectivity index (χ0n) is 14.0. The molecule has 2 fully saturated rings. The predicted octanol–water partition coefficient (Wildman–Crippen LogP) is 1.25. The SMILES string of the molecule is C[C@H]1C[C@@H](C(=O)Nc2cccc(N3CCS(=O)(=O)CC3)c2)CCN1. The topological polar surface area (TPSA) is 78.5 Å². The van der Waals surface area contributed by atoms with Gasteiger partial charge in [-0.3, -0.25) is 4.79 Å². The molecule has 132 valence electrons. The van der Waals surface area contributed by atoms with E-state index in [-0.39, 0.29) is 23.3 Å². The van der Waals surface area contributed by atoms with Crippen LogP contribution in [0.4, 0.5) is 11.4 Å². The monoisotopic (exact) mass is 351 g/mol. The summed E-state index contributed by atoms with van der Waals surface area (Å²) in [5.74, 6) is 0.499. The van der Waals surface area contributed by atoms with Crippen molar-refractivity contribution >= 4 is 27.1 Å². The van der Waals surface area contributed by atoms with E-state index in [0.29, 0.717) is 19.1 Å². The molecule has 0 aromatic heterocycles. The van der Waals surface area contributed by atoms with E-state index >= 15 is 0 Å². The van der Waals surface area contributed by atoms with Crippen LogP contribution < -0.4 is 15.5 Å². The second-order valence-electron chi connectivity index (χ2n) is 6.75. The first-order valence-electron chi connectivity index (χ1n) is 8.53. The molecule has 0 unspecified atom stereocenters. The second kappa shape index (κ2) is 7.11. The maximum Gasteiger partial charge on any atom is 0.227 e. The summed E-state index contributed by atoms with van der Waals surface area (Å²) in [6, 6.07) is 8.04. The summed E-state index contributed by atoms with van der Waals surface area (Å²) in [6.07, 6.45) is 1.72. The van der Waals surface area contributed by atoms with Gasteiger partial charge in [0.1, 0.15) is 0 Å². The molecule has 0 bridgehead atoms. The van der Waals surface area contributed by atoms with Crippen molar-refractivity contribution in [2.45, 2.75) is 25.8 Å². The summed E-state index contributed by atoms with van der Waals surface area (Å²) in [4.78, 5) is 14.5. The van der Waals surface area contributed by atoms with E-state index in [0.717, 1.165) is 30.8 Å². The van der Waals surface area contributed by atoms with Gasteiger partial charge in [0.15, 0.2) is 9.84 Å². The van der Waals surface area contributed by atoms with Gasteiger partial charge in [0, 0.05) is 36.4 Å². The number of nitrogens with one attached hydrogen (secondary N) is 2. The molecule has 1 aromatic carbocycles. The van der Waals surface area contributed by atoms with Crippen LogP contribution in [0.25, 0.3) is 0 Å². The number of sulfone groups is 1. The van der Waals surface area contributed by atoms with Gasteiger partial charge in [-0.25, -0.2) is 8.42 Å². The predicted molar refractivity (Wildman–Crippen MR) is 96.1 cm³/mol. The number of piperidine rings is 1. The lowest BCUT2D eigenvalue weighted by Gasteiger charge is -2.29. The van der Waals surface area contributed by atoms with Crippen molar-refractivity contribution in [1.29, 1.82) is 0 Å². The minimum atomic E-state index is -2.89. The normalized spacial score (nSPS) is 26.8. The molecule has 2 heterocycles. The molecule has 2 N–H and O–H groups in total. The Morgan fingerprint density at radius 1 is 1.29 bits per heavy atom. The first kappa shape index (κ1) is 17.2. The minimum absolute atomic E-state index is 0.0463. The van der Waals surface area contributed by atoms with Crippen LogP contribution >= 0.6 is 0 Å². The summed E-state index contributed by atoms with van der Waals surface area (Å²) < 4.78 is 23.1. The molecule has 0 radical (unpaired) electrons. The Balaban J connectivity index is 1.64. The Morgan fingerprint density at radius 2 is 2.04 bits per heavy atom. The smallest absolute Gasteiger partial charge is 0.227 e. The van der Waals surface area contributed by atoms with E-state index in [4.69, 9.17) is 0 Å².